The fraction of sp³-hybridized carbons (Fsp3) is 0.556. The van der Waals surface area contributed by atoms with Crippen molar-refractivity contribution in [2.24, 2.45) is 0 Å². The van der Waals surface area contributed by atoms with Crippen molar-refractivity contribution >= 4 is 10.0 Å². The maximum Gasteiger partial charge on any atom is 0.573 e. The van der Waals surface area contributed by atoms with Gasteiger partial charge in [-0.2, -0.15) is 4.31 Å². The Morgan fingerprint density at radius 2 is 1.73 bits per heavy atom. The minimum absolute atomic E-state index is 0.0367. The van der Waals surface area contributed by atoms with Gasteiger partial charge in [-0.25, -0.2) is 13.1 Å². The van der Waals surface area contributed by atoms with E-state index in [4.69, 9.17) is 4.74 Å². The van der Waals surface area contributed by atoms with Gasteiger partial charge < -0.3 is 9.47 Å². The second kappa shape index (κ2) is 7.82. The highest BCUT2D eigenvalue weighted by Crippen LogP contribution is 2.43. The zero-order valence-electron chi connectivity index (χ0n) is 16.1. The van der Waals surface area contributed by atoms with E-state index in [0.29, 0.717) is 25.1 Å². The molecule has 0 amide bonds. The Bertz CT molecular complexity index is 980. The van der Waals surface area contributed by atoms with Gasteiger partial charge in [-0.05, 0) is 49.9 Å². The van der Waals surface area contributed by atoms with Crippen molar-refractivity contribution in [1.29, 1.82) is 0 Å². The predicted octanol–water partition coefficient (Wildman–Crippen LogP) is 2.88. The second-order valence-electron chi connectivity index (χ2n) is 7.49. The van der Waals surface area contributed by atoms with Gasteiger partial charge in [0.15, 0.2) is 0 Å². The third-order valence-corrected chi connectivity index (χ3v) is 7.52. The fourth-order valence-electron chi connectivity index (χ4n) is 4.35. The number of benzene rings is 1. The summed E-state index contributed by atoms with van der Waals surface area (Å²) >= 11 is 0. The molecule has 2 atom stereocenters. The van der Waals surface area contributed by atoms with Gasteiger partial charge in [0, 0.05) is 19.2 Å². The molecule has 0 saturated carbocycles. The van der Waals surface area contributed by atoms with Gasteiger partial charge in [-0.3, -0.25) is 0 Å². The van der Waals surface area contributed by atoms with Crippen LogP contribution in [0.5, 0.6) is 5.75 Å². The van der Waals surface area contributed by atoms with Gasteiger partial charge in [0.1, 0.15) is 11.4 Å². The zero-order chi connectivity index (χ0) is 21.5. The quantitative estimate of drug-likeness (QED) is 0.678. The normalized spacial score (nSPS) is 24.9. The summed E-state index contributed by atoms with van der Waals surface area (Å²) < 4.78 is 75.5. The molecule has 0 radical (unpaired) electrons. The lowest BCUT2D eigenvalue weighted by atomic mass is 10.00. The summed E-state index contributed by atoms with van der Waals surface area (Å²) in [6, 6.07) is 3.98. The first-order valence-corrected chi connectivity index (χ1v) is 10.9. The number of fused-ring (bicyclic) bond motifs is 2. The zero-order valence-corrected chi connectivity index (χ0v) is 16.9. The SMILES string of the molecule is COCc1cn(C2CC3CCC(C2)N3S(=O)(=O)c2ccc(OC(F)(F)F)cc2)nn1. The van der Waals surface area contributed by atoms with Crippen LogP contribution in [0.4, 0.5) is 13.2 Å². The van der Waals surface area contributed by atoms with E-state index in [1.54, 1.807) is 11.8 Å². The average molecular weight is 446 g/mol. The number of halogens is 3. The topological polar surface area (TPSA) is 86.5 Å². The van der Waals surface area contributed by atoms with E-state index < -0.39 is 22.1 Å². The molecule has 2 aliphatic heterocycles. The van der Waals surface area contributed by atoms with Crippen LogP contribution in [-0.2, 0) is 21.4 Å². The molecule has 2 saturated heterocycles. The molecule has 1 aromatic carbocycles. The average Bonchev–Trinajstić information content (AvgIpc) is 3.24. The van der Waals surface area contributed by atoms with Crippen molar-refractivity contribution in [3.05, 3.63) is 36.2 Å². The number of piperidine rings is 1. The van der Waals surface area contributed by atoms with Crippen molar-refractivity contribution in [1.82, 2.24) is 19.3 Å². The fourth-order valence-corrected chi connectivity index (χ4v) is 6.25. The first-order chi connectivity index (χ1) is 14.2. The molecule has 30 heavy (non-hydrogen) atoms. The lowest BCUT2D eigenvalue weighted by molar-refractivity contribution is -0.274. The van der Waals surface area contributed by atoms with E-state index in [-0.39, 0.29) is 23.0 Å². The van der Waals surface area contributed by atoms with E-state index in [2.05, 4.69) is 15.0 Å². The van der Waals surface area contributed by atoms with Gasteiger partial charge in [0.05, 0.1) is 23.7 Å². The molecule has 12 heteroatoms. The van der Waals surface area contributed by atoms with Crippen molar-refractivity contribution in [3.63, 3.8) is 0 Å². The summed E-state index contributed by atoms with van der Waals surface area (Å²) in [6.07, 6.45) is -0.352. The highest BCUT2D eigenvalue weighted by atomic mass is 32.2. The molecule has 2 fully saturated rings. The lowest BCUT2D eigenvalue weighted by Crippen LogP contribution is -2.46. The van der Waals surface area contributed by atoms with Crippen LogP contribution in [0.15, 0.2) is 35.4 Å². The first kappa shape index (κ1) is 21.1. The maximum absolute atomic E-state index is 13.2. The monoisotopic (exact) mass is 446 g/mol. The molecule has 0 spiro atoms. The number of sulfonamides is 1. The lowest BCUT2D eigenvalue weighted by Gasteiger charge is -2.37. The van der Waals surface area contributed by atoms with Gasteiger partial charge in [-0.1, -0.05) is 5.21 Å². The van der Waals surface area contributed by atoms with Crippen molar-refractivity contribution in [3.8, 4) is 5.75 Å². The molecule has 1 aromatic heterocycles. The van der Waals surface area contributed by atoms with Crippen LogP contribution in [0.25, 0.3) is 0 Å². The molecule has 3 heterocycles. The highest BCUT2D eigenvalue weighted by Gasteiger charge is 2.48. The molecular formula is C18H21F3N4O4S. The van der Waals surface area contributed by atoms with Gasteiger partial charge in [0.2, 0.25) is 10.0 Å². The Labute approximate surface area is 171 Å². The Kier molecular flexibility index (Phi) is 5.49. The minimum atomic E-state index is -4.83. The Balaban J connectivity index is 1.50. The standard InChI is InChI=1S/C18H21F3N4O4S/c1-28-11-12-10-24(23-22-12)15-8-13-2-3-14(9-15)25(13)30(26,27)17-6-4-16(5-7-17)29-18(19,20)21/h4-7,10,13-15H,2-3,8-9,11H2,1H3. The van der Waals surface area contributed by atoms with Gasteiger partial charge in [-0.15, -0.1) is 18.3 Å². The molecule has 8 nitrogen and oxygen atoms in total. The predicted molar refractivity (Wildman–Crippen MR) is 98.0 cm³/mol. The molecule has 2 unspecified atom stereocenters. The van der Waals surface area contributed by atoms with E-state index >= 15 is 0 Å². The van der Waals surface area contributed by atoms with Crippen LogP contribution < -0.4 is 4.74 Å². The Hall–Kier alpha value is -2.18. The van der Waals surface area contributed by atoms with Crippen LogP contribution >= 0.6 is 0 Å². The van der Waals surface area contributed by atoms with Crippen LogP contribution in [0.1, 0.15) is 37.4 Å². The van der Waals surface area contributed by atoms with Crippen LogP contribution in [0.2, 0.25) is 0 Å². The van der Waals surface area contributed by atoms with E-state index in [1.807, 2.05) is 6.20 Å². The number of hydrogen-bond donors (Lipinski definition) is 0. The smallest absolute Gasteiger partial charge is 0.406 e. The number of aromatic nitrogens is 3. The van der Waals surface area contributed by atoms with Crippen molar-refractivity contribution in [2.75, 3.05) is 7.11 Å². The van der Waals surface area contributed by atoms with E-state index in [1.165, 1.54) is 4.31 Å². The van der Waals surface area contributed by atoms with Crippen molar-refractivity contribution in [2.45, 2.75) is 61.7 Å². The summed E-state index contributed by atoms with van der Waals surface area (Å²) in [4.78, 5) is -0.0458. The Morgan fingerprint density at radius 1 is 1.10 bits per heavy atom. The molecule has 4 rings (SSSR count). The first-order valence-electron chi connectivity index (χ1n) is 9.46. The van der Waals surface area contributed by atoms with E-state index in [9.17, 15) is 21.6 Å². The van der Waals surface area contributed by atoms with Gasteiger partial charge in [0.25, 0.3) is 0 Å². The number of hydrogen-bond acceptors (Lipinski definition) is 6. The molecule has 0 aliphatic carbocycles. The molecule has 2 aromatic rings. The van der Waals surface area contributed by atoms with Gasteiger partial charge >= 0.3 is 6.36 Å². The third-order valence-electron chi connectivity index (χ3n) is 5.50. The molecule has 164 valence electrons. The van der Waals surface area contributed by atoms with Crippen LogP contribution in [-0.4, -0.2) is 53.3 Å². The number of methoxy groups -OCH3 is 1. The molecular weight excluding hydrogens is 425 g/mol. The summed E-state index contributed by atoms with van der Waals surface area (Å²) in [7, 11) is -2.26. The third kappa shape index (κ3) is 4.16. The van der Waals surface area contributed by atoms with E-state index in [0.717, 1.165) is 37.1 Å². The molecule has 0 N–H and O–H groups in total. The molecule has 2 bridgehead atoms. The maximum atomic E-state index is 13.2. The highest BCUT2D eigenvalue weighted by molar-refractivity contribution is 7.89. The summed E-state index contributed by atoms with van der Waals surface area (Å²) in [6.45, 7) is 0.355. The van der Waals surface area contributed by atoms with Crippen molar-refractivity contribution < 1.29 is 31.1 Å². The van der Waals surface area contributed by atoms with Crippen LogP contribution in [0.3, 0.4) is 0 Å². The number of ether oxygens (including phenoxy) is 2. The molecule has 2 aliphatic rings. The van der Waals surface area contributed by atoms with Crippen LogP contribution in [0, 0.1) is 0 Å². The summed E-state index contributed by atoms with van der Waals surface area (Å²) in [5, 5.41) is 8.22. The summed E-state index contributed by atoms with van der Waals surface area (Å²) in [5.74, 6) is -0.457. The number of alkyl halides is 3. The minimum Gasteiger partial charge on any atom is -0.406 e. The largest absolute Gasteiger partial charge is 0.573 e. The second-order valence-corrected chi connectivity index (χ2v) is 9.33. The summed E-state index contributed by atoms with van der Waals surface area (Å²) in [5.41, 5.74) is 0.709. The number of nitrogens with zero attached hydrogens (tertiary/aromatic N) is 4. The number of rotatable bonds is 6. The Morgan fingerprint density at radius 3 is 2.30 bits per heavy atom.